The van der Waals surface area contributed by atoms with Crippen LogP contribution in [0.4, 0.5) is 5.69 Å². The first kappa shape index (κ1) is 17.0. The third kappa shape index (κ3) is 2.96. The third-order valence-electron chi connectivity index (χ3n) is 4.54. The Kier molecular flexibility index (Phi) is 4.69. The van der Waals surface area contributed by atoms with Crippen molar-refractivity contribution in [3.63, 3.8) is 0 Å². The number of anilines is 1. The zero-order valence-electron chi connectivity index (χ0n) is 12.7. The number of aliphatic carboxylic acids is 1. The Hall–Kier alpha value is -1.79. The van der Waals surface area contributed by atoms with Gasteiger partial charge in [-0.3, -0.25) is 9.59 Å². The molecule has 0 spiro atoms. The average molecular weight is 371 g/mol. The fourth-order valence-electron chi connectivity index (χ4n) is 3.31. The lowest BCUT2D eigenvalue weighted by Crippen LogP contribution is -2.45. The van der Waals surface area contributed by atoms with E-state index in [9.17, 15) is 19.5 Å². The first-order valence-electron chi connectivity index (χ1n) is 7.70. The van der Waals surface area contributed by atoms with Gasteiger partial charge in [0.15, 0.2) is 0 Å². The summed E-state index contributed by atoms with van der Waals surface area (Å²) in [5.74, 6) is -2.58. The quantitative estimate of drug-likeness (QED) is 0.828. The van der Waals surface area contributed by atoms with Crippen LogP contribution in [0, 0.1) is 5.92 Å². The van der Waals surface area contributed by atoms with Crippen molar-refractivity contribution in [2.45, 2.75) is 25.3 Å². The van der Waals surface area contributed by atoms with Gasteiger partial charge in [0.25, 0.3) is 0 Å². The van der Waals surface area contributed by atoms with Crippen LogP contribution in [0.2, 0.25) is 10.0 Å². The molecule has 1 aromatic carbocycles. The van der Waals surface area contributed by atoms with Crippen molar-refractivity contribution in [3.8, 4) is 0 Å². The molecule has 0 saturated carbocycles. The van der Waals surface area contributed by atoms with E-state index < -0.39 is 23.8 Å². The van der Waals surface area contributed by atoms with E-state index in [2.05, 4.69) is 0 Å². The number of carbonyl (C=O) groups is 3. The van der Waals surface area contributed by atoms with Crippen LogP contribution in [-0.4, -0.2) is 46.9 Å². The lowest BCUT2D eigenvalue weighted by molar-refractivity contribution is -0.151. The van der Waals surface area contributed by atoms with Gasteiger partial charge in [-0.2, -0.15) is 0 Å². The summed E-state index contributed by atoms with van der Waals surface area (Å²) in [6, 6.07) is 4.03. The second-order valence-corrected chi connectivity index (χ2v) is 6.77. The number of likely N-dealkylation sites (tertiary alicyclic amines) is 1. The number of carbonyl (C=O) groups excluding carboxylic acids is 2. The lowest BCUT2D eigenvalue weighted by atomic mass is 10.1. The minimum atomic E-state index is -1.02. The summed E-state index contributed by atoms with van der Waals surface area (Å²) in [6.07, 6.45) is 1.43. The highest BCUT2D eigenvalue weighted by molar-refractivity contribution is 6.42. The van der Waals surface area contributed by atoms with E-state index in [1.165, 1.54) is 9.80 Å². The molecule has 0 radical (unpaired) electrons. The normalized spacial score (nSPS) is 23.8. The lowest BCUT2D eigenvalue weighted by Gasteiger charge is -2.24. The van der Waals surface area contributed by atoms with Gasteiger partial charge in [-0.15, -0.1) is 0 Å². The topological polar surface area (TPSA) is 77.9 Å². The molecule has 0 bridgehead atoms. The molecule has 1 N–H and O–H groups in total. The first-order chi connectivity index (χ1) is 11.4. The molecule has 6 nitrogen and oxygen atoms in total. The maximum atomic E-state index is 12.6. The minimum Gasteiger partial charge on any atom is -0.480 e. The molecular formula is C16H16Cl2N2O4. The predicted molar refractivity (Wildman–Crippen MR) is 89.3 cm³/mol. The molecule has 3 rings (SSSR count). The van der Waals surface area contributed by atoms with Crippen LogP contribution in [0.25, 0.3) is 0 Å². The second kappa shape index (κ2) is 6.61. The van der Waals surface area contributed by atoms with E-state index >= 15 is 0 Å². The molecule has 2 amide bonds. The van der Waals surface area contributed by atoms with Crippen molar-refractivity contribution in [1.29, 1.82) is 0 Å². The third-order valence-corrected chi connectivity index (χ3v) is 5.28. The van der Waals surface area contributed by atoms with Crippen LogP contribution < -0.4 is 4.90 Å². The van der Waals surface area contributed by atoms with Crippen molar-refractivity contribution < 1.29 is 19.5 Å². The minimum absolute atomic E-state index is 0.325. The van der Waals surface area contributed by atoms with E-state index in [0.29, 0.717) is 48.1 Å². The van der Waals surface area contributed by atoms with Crippen LogP contribution in [0.15, 0.2) is 18.2 Å². The number of hydrogen-bond acceptors (Lipinski definition) is 3. The van der Waals surface area contributed by atoms with Gasteiger partial charge in [-0.25, -0.2) is 4.79 Å². The number of carboxylic acids is 1. The summed E-state index contributed by atoms with van der Waals surface area (Å²) in [7, 11) is 0. The van der Waals surface area contributed by atoms with Gasteiger partial charge in [-0.05, 0) is 37.5 Å². The molecule has 1 unspecified atom stereocenters. The number of nitrogens with zero attached hydrogens (tertiary/aromatic N) is 2. The van der Waals surface area contributed by atoms with E-state index in [1.54, 1.807) is 18.2 Å². The Labute approximate surface area is 148 Å². The monoisotopic (exact) mass is 370 g/mol. The summed E-state index contributed by atoms with van der Waals surface area (Å²) < 4.78 is 0. The fraction of sp³-hybridized carbons (Fsp3) is 0.438. The molecule has 2 aliphatic rings. The summed E-state index contributed by atoms with van der Waals surface area (Å²) in [4.78, 5) is 39.3. The molecule has 2 heterocycles. The molecular weight excluding hydrogens is 355 g/mol. The summed E-state index contributed by atoms with van der Waals surface area (Å²) in [5.41, 5.74) is 0.584. The van der Waals surface area contributed by atoms with Crippen molar-refractivity contribution in [2.24, 2.45) is 5.92 Å². The van der Waals surface area contributed by atoms with Gasteiger partial charge < -0.3 is 14.9 Å². The molecule has 128 valence electrons. The second-order valence-electron chi connectivity index (χ2n) is 5.96. The van der Waals surface area contributed by atoms with Gasteiger partial charge >= 0.3 is 5.97 Å². The Morgan fingerprint density at radius 3 is 2.54 bits per heavy atom. The zero-order valence-corrected chi connectivity index (χ0v) is 14.3. The van der Waals surface area contributed by atoms with Crippen molar-refractivity contribution >= 4 is 46.7 Å². The molecule has 24 heavy (non-hydrogen) atoms. The Morgan fingerprint density at radius 1 is 1.12 bits per heavy atom. The number of benzene rings is 1. The van der Waals surface area contributed by atoms with Crippen LogP contribution in [0.1, 0.15) is 19.3 Å². The molecule has 8 heteroatoms. The molecule has 2 atom stereocenters. The standard InChI is InChI=1S/C16H16Cl2N2O4/c17-11-4-3-9(8-12(11)18)19-7-5-10(14(19)21)15(22)20-6-1-2-13(20)16(23)24/h3-4,8,10,13H,1-2,5-7H2,(H,23,24)/t10?,13-/m1/s1. The van der Waals surface area contributed by atoms with Crippen molar-refractivity contribution in [3.05, 3.63) is 28.2 Å². The maximum absolute atomic E-state index is 12.6. The van der Waals surface area contributed by atoms with Crippen molar-refractivity contribution in [2.75, 3.05) is 18.0 Å². The molecule has 2 aliphatic heterocycles. The zero-order chi connectivity index (χ0) is 17.4. The van der Waals surface area contributed by atoms with Gasteiger partial charge in [0, 0.05) is 18.8 Å². The molecule has 0 aromatic heterocycles. The van der Waals surface area contributed by atoms with Crippen LogP contribution in [-0.2, 0) is 14.4 Å². The summed E-state index contributed by atoms with van der Waals surface area (Å²) in [6.45, 7) is 0.769. The summed E-state index contributed by atoms with van der Waals surface area (Å²) >= 11 is 11.9. The van der Waals surface area contributed by atoms with Gasteiger partial charge in [0.1, 0.15) is 12.0 Å². The van der Waals surface area contributed by atoms with E-state index in [0.717, 1.165) is 0 Å². The maximum Gasteiger partial charge on any atom is 0.326 e. The Bertz CT molecular complexity index is 709. The van der Waals surface area contributed by atoms with E-state index in [1.807, 2.05) is 0 Å². The van der Waals surface area contributed by atoms with E-state index in [4.69, 9.17) is 23.2 Å². The fourth-order valence-corrected chi connectivity index (χ4v) is 3.60. The van der Waals surface area contributed by atoms with Gasteiger partial charge in [0.2, 0.25) is 11.8 Å². The van der Waals surface area contributed by atoms with Crippen LogP contribution in [0.5, 0.6) is 0 Å². The SMILES string of the molecule is O=C(O)[C@H]1CCCN1C(=O)C1CCN(c2ccc(Cl)c(Cl)c2)C1=O. The highest BCUT2D eigenvalue weighted by Gasteiger charge is 2.44. The first-order valence-corrected chi connectivity index (χ1v) is 8.45. The number of amides is 2. The number of hydrogen-bond donors (Lipinski definition) is 1. The Morgan fingerprint density at radius 2 is 1.88 bits per heavy atom. The number of halogens is 2. The smallest absolute Gasteiger partial charge is 0.326 e. The molecule has 0 aliphatic carbocycles. The van der Waals surface area contributed by atoms with Gasteiger partial charge in [-0.1, -0.05) is 23.2 Å². The van der Waals surface area contributed by atoms with Crippen molar-refractivity contribution in [1.82, 2.24) is 4.90 Å². The number of rotatable bonds is 3. The number of carboxylic acid groups (broad SMARTS) is 1. The molecule has 1 aromatic rings. The highest BCUT2D eigenvalue weighted by atomic mass is 35.5. The van der Waals surface area contributed by atoms with E-state index in [-0.39, 0.29) is 5.91 Å². The average Bonchev–Trinajstić information content (AvgIpc) is 3.16. The largest absolute Gasteiger partial charge is 0.480 e. The molecule has 2 fully saturated rings. The molecule has 2 saturated heterocycles. The summed E-state index contributed by atoms with van der Waals surface area (Å²) in [5, 5.41) is 9.94. The van der Waals surface area contributed by atoms with Crippen LogP contribution in [0.3, 0.4) is 0 Å². The van der Waals surface area contributed by atoms with Crippen LogP contribution >= 0.6 is 23.2 Å². The Balaban J connectivity index is 1.77. The highest BCUT2D eigenvalue weighted by Crippen LogP contribution is 2.32. The van der Waals surface area contributed by atoms with Gasteiger partial charge in [0.05, 0.1) is 10.0 Å². The predicted octanol–water partition coefficient (Wildman–Crippen LogP) is 2.42.